The molecule has 128 valence electrons. The standard InChI is InChI=1S/C17H23FO5/c1-5-13(11(2)3)22-16(19)8-9-17(20)23-14-7-6-12(18)10-15(14)21-4/h6-7,10-11,13H,5,8-9H2,1-4H3. The van der Waals surface area contributed by atoms with Crippen LogP contribution in [0, 0.1) is 11.7 Å². The fraction of sp³-hybridized carbons (Fsp3) is 0.529. The Balaban J connectivity index is 2.50. The molecule has 1 atom stereocenters. The molecule has 0 saturated carbocycles. The monoisotopic (exact) mass is 326 g/mol. The van der Waals surface area contributed by atoms with Gasteiger partial charge in [-0.15, -0.1) is 0 Å². The molecule has 1 rings (SSSR count). The highest BCUT2D eigenvalue weighted by molar-refractivity contribution is 5.79. The Morgan fingerprint density at radius 3 is 2.35 bits per heavy atom. The highest BCUT2D eigenvalue weighted by Crippen LogP contribution is 2.27. The number of hydrogen-bond acceptors (Lipinski definition) is 5. The molecule has 1 aromatic carbocycles. The van der Waals surface area contributed by atoms with E-state index in [0.717, 1.165) is 18.6 Å². The Kier molecular flexibility index (Phi) is 7.51. The van der Waals surface area contributed by atoms with Gasteiger partial charge >= 0.3 is 11.9 Å². The summed E-state index contributed by atoms with van der Waals surface area (Å²) in [6, 6.07) is 3.58. The average Bonchev–Trinajstić information content (AvgIpc) is 2.51. The van der Waals surface area contributed by atoms with Crippen LogP contribution in [0.4, 0.5) is 4.39 Å². The highest BCUT2D eigenvalue weighted by Gasteiger charge is 2.18. The minimum absolute atomic E-state index is 0.0639. The van der Waals surface area contributed by atoms with Crippen molar-refractivity contribution in [2.75, 3.05) is 7.11 Å². The van der Waals surface area contributed by atoms with Crippen molar-refractivity contribution < 1.29 is 28.2 Å². The van der Waals surface area contributed by atoms with Crippen LogP contribution in [0.3, 0.4) is 0 Å². The van der Waals surface area contributed by atoms with Crippen LogP contribution in [0.2, 0.25) is 0 Å². The van der Waals surface area contributed by atoms with E-state index in [1.807, 2.05) is 20.8 Å². The van der Waals surface area contributed by atoms with Gasteiger partial charge in [-0.3, -0.25) is 9.59 Å². The van der Waals surface area contributed by atoms with Gasteiger partial charge < -0.3 is 14.2 Å². The predicted octanol–water partition coefficient (Wildman–Crippen LogP) is 3.50. The second-order valence-corrected chi connectivity index (χ2v) is 5.45. The van der Waals surface area contributed by atoms with Gasteiger partial charge in [-0.25, -0.2) is 4.39 Å². The van der Waals surface area contributed by atoms with Crippen LogP contribution in [0.15, 0.2) is 18.2 Å². The van der Waals surface area contributed by atoms with Crippen LogP contribution >= 0.6 is 0 Å². The van der Waals surface area contributed by atoms with Gasteiger partial charge in [0.05, 0.1) is 20.0 Å². The fourth-order valence-electron chi connectivity index (χ4n) is 2.02. The van der Waals surface area contributed by atoms with Gasteiger partial charge in [0, 0.05) is 6.07 Å². The van der Waals surface area contributed by atoms with Crippen molar-refractivity contribution in [2.24, 2.45) is 5.92 Å². The molecule has 0 amide bonds. The number of benzene rings is 1. The molecule has 5 nitrogen and oxygen atoms in total. The fourth-order valence-corrected chi connectivity index (χ4v) is 2.02. The van der Waals surface area contributed by atoms with Gasteiger partial charge in [0.2, 0.25) is 0 Å². The molecule has 0 heterocycles. The normalized spacial score (nSPS) is 11.9. The zero-order valence-electron chi connectivity index (χ0n) is 13.9. The predicted molar refractivity (Wildman–Crippen MR) is 82.8 cm³/mol. The van der Waals surface area contributed by atoms with E-state index >= 15 is 0 Å². The van der Waals surface area contributed by atoms with Gasteiger partial charge in [0.25, 0.3) is 0 Å². The number of rotatable bonds is 8. The van der Waals surface area contributed by atoms with Crippen molar-refractivity contribution in [1.82, 2.24) is 0 Å². The van der Waals surface area contributed by atoms with Gasteiger partial charge in [-0.2, -0.15) is 0 Å². The third kappa shape index (κ3) is 6.26. The summed E-state index contributed by atoms with van der Waals surface area (Å²) in [5, 5.41) is 0. The zero-order valence-corrected chi connectivity index (χ0v) is 13.9. The molecule has 0 spiro atoms. The topological polar surface area (TPSA) is 61.8 Å². The highest BCUT2D eigenvalue weighted by atomic mass is 19.1. The Morgan fingerprint density at radius 2 is 1.78 bits per heavy atom. The second kappa shape index (κ2) is 9.12. The summed E-state index contributed by atoms with van der Waals surface area (Å²) >= 11 is 0. The second-order valence-electron chi connectivity index (χ2n) is 5.45. The van der Waals surface area contributed by atoms with Crippen LogP contribution in [-0.4, -0.2) is 25.2 Å². The van der Waals surface area contributed by atoms with Crippen molar-refractivity contribution in [3.63, 3.8) is 0 Å². The molecule has 0 bridgehead atoms. The molecule has 0 saturated heterocycles. The van der Waals surface area contributed by atoms with Crippen molar-refractivity contribution >= 4 is 11.9 Å². The van der Waals surface area contributed by atoms with Crippen molar-refractivity contribution in [1.29, 1.82) is 0 Å². The summed E-state index contributed by atoms with van der Waals surface area (Å²) in [5.41, 5.74) is 0. The van der Waals surface area contributed by atoms with Crippen LogP contribution in [0.1, 0.15) is 40.0 Å². The Hall–Kier alpha value is -2.11. The maximum absolute atomic E-state index is 13.1. The lowest BCUT2D eigenvalue weighted by Crippen LogP contribution is -2.23. The number of hydrogen-bond donors (Lipinski definition) is 0. The molecule has 0 aliphatic rings. The minimum atomic E-state index is -0.607. The number of carbonyl (C=O) groups is 2. The van der Waals surface area contributed by atoms with Crippen LogP contribution in [-0.2, 0) is 14.3 Å². The van der Waals surface area contributed by atoms with E-state index in [1.54, 1.807) is 0 Å². The molecular weight excluding hydrogens is 303 g/mol. The minimum Gasteiger partial charge on any atom is -0.493 e. The van der Waals surface area contributed by atoms with Gasteiger partial charge in [-0.05, 0) is 24.5 Å². The molecule has 23 heavy (non-hydrogen) atoms. The zero-order chi connectivity index (χ0) is 17.4. The van der Waals surface area contributed by atoms with E-state index in [4.69, 9.17) is 14.2 Å². The lowest BCUT2D eigenvalue weighted by atomic mass is 10.1. The van der Waals surface area contributed by atoms with Crippen molar-refractivity contribution in [3.05, 3.63) is 24.0 Å². The van der Waals surface area contributed by atoms with Crippen molar-refractivity contribution in [2.45, 2.75) is 46.1 Å². The molecule has 0 fully saturated rings. The SMILES string of the molecule is CCC(OC(=O)CCC(=O)Oc1ccc(F)cc1OC)C(C)C. The molecule has 1 unspecified atom stereocenters. The number of ether oxygens (including phenoxy) is 3. The first-order chi connectivity index (χ1) is 10.9. The first-order valence-electron chi connectivity index (χ1n) is 7.61. The molecule has 0 aliphatic heterocycles. The van der Waals surface area contributed by atoms with E-state index in [9.17, 15) is 14.0 Å². The summed E-state index contributed by atoms with van der Waals surface area (Å²) in [7, 11) is 1.35. The Bertz CT molecular complexity index is 542. The quantitative estimate of drug-likeness (QED) is 0.540. The van der Waals surface area contributed by atoms with Crippen molar-refractivity contribution in [3.8, 4) is 11.5 Å². The summed E-state index contributed by atoms with van der Waals surface area (Å²) < 4.78 is 28.4. The smallest absolute Gasteiger partial charge is 0.311 e. The summed E-state index contributed by atoms with van der Waals surface area (Å²) in [6.07, 6.45) is 0.385. The van der Waals surface area contributed by atoms with E-state index in [-0.39, 0.29) is 36.4 Å². The van der Waals surface area contributed by atoms with Crippen LogP contribution in [0.25, 0.3) is 0 Å². The lowest BCUT2D eigenvalue weighted by molar-refractivity contribution is -0.153. The molecule has 0 N–H and O–H groups in total. The third-order valence-electron chi connectivity index (χ3n) is 3.31. The number of halogens is 1. The first-order valence-corrected chi connectivity index (χ1v) is 7.61. The van der Waals surface area contributed by atoms with Crippen LogP contribution in [0.5, 0.6) is 11.5 Å². The molecule has 6 heteroatoms. The van der Waals surface area contributed by atoms with E-state index in [1.165, 1.54) is 13.2 Å². The van der Waals surface area contributed by atoms with E-state index < -0.39 is 17.8 Å². The summed E-state index contributed by atoms with van der Waals surface area (Å²) in [4.78, 5) is 23.5. The molecular formula is C17H23FO5. The maximum Gasteiger partial charge on any atom is 0.311 e. The number of methoxy groups -OCH3 is 1. The Morgan fingerprint density at radius 1 is 1.13 bits per heavy atom. The number of esters is 2. The maximum atomic E-state index is 13.1. The van der Waals surface area contributed by atoms with Gasteiger partial charge in [0.1, 0.15) is 11.9 Å². The first kappa shape index (κ1) is 18.9. The van der Waals surface area contributed by atoms with Gasteiger partial charge in [0.15, 0.2) is 11.5 Å². The van der Waals surface area contributed by atoms with E-state index in [0.29, 0.717) is 0 Å². The lowest BCUT2D eigenvalue weighted by Gasteiger charge is -2.19. The molecule has 0 aromatic heterocycles. The van der Waals surface area contributed by atoms with E-state index in [2.05, 4.69) is 0 Å². The third-order valence-corrected chi connectivity index (χ3v) is 3.31. The Labute approximate surface area is 135 Å². The molecule has 1 aromatic rings. The summed E-state index contributed by atoms with van der Waals surface area (Å²) in [6.45, 7) is 5.88. The average molecular weight is 326 g/mol. The number of carbonyl (C=O) groups excluding carboxylic acids is 2. The molecule has 0 aliphatic carbocycles. The summed E-state index contributed by atoms with van der Waals surface area (Å²) in [5.74, 6) is -1.09. The van der Waals surface area contributed by atoms with Gasteiger partial charge in [-0.1, -0.05) is 20.8 Å². The largest absolute Gasteiger partial charge is 0.493 e. The molecule has 0 radical (unpaired) electrons. The van der Waals surface area contributed by atoms with Crippen LogP contribution < -0.4 is 9.47 Å².